The van der Waals surface area contributed by atoms with Crippen molar-refractivity contribution in [2.75, 3.05) is 5.32 Å². The van der Waals surface area contributed by atoms with Crippen LogP contribution >= 0.6 is 11.6 Å². The van der Waals surface area contributed by atoms with E-state index in [1.807, 2.05) is 6.07 Å². The predicted octanol–water partition coefficient (Wildman–Crippen LogP) is 5.71. The van der Waals surface area contributed by atoms with E-state index >= 15 is 0 Å². The molecule has 0 bridgehead atoms. The van der Waals surface area contributed by atoms with Gasteiger partial charge in [0.05, 0.1) is 16.2 Å². The number of oxazole rings is 1. The van der Waals surface area contributed by atoms with E-state index in [0.29, 0.717) is 38.8 Å². The van der Waals surface area contributed by atoms with Crippen LogP contribution in [-0.4, -0.2) is 15.8 Å². The van der Waals surface area contributed by atoms with Gasteiger partial charge in [-0.2, -0.15) is 0 Å². The van der Waals surface area contributed by atoms with E-state index in [-0.39, 0.29) is 5.69 Å². The summed E-state index contributed by atoms with van der Waals surface area (Å²) >= 11 is 6.00. The van der Waals surface area contributed by atoms with Crippen LogP contribution in [0.1, 0.15) is 5.56 Å². The van der Waals surface area contributed by atoms with E-state index < -0.39 is 10.8 Å². The van der Waals surface area contributed by atoms with Crippen LogP contribution in [0.4, 0.5) is 11.4 Å². The van der Waals surface area contributed by atoms with E-state index in [1.54, 1.807) is 48.5 Å². The standard InChI is InChI=1S/C22H14ClN3O4/c23-15-9-10-20-19(13-15)25-22(30-20)17-6-1-2-7-18(17)24-21(27)11-8-14-4-3-5-16(12-14)26(28)29/h1-13H,(H,24,27). The number of aromatic nitrogens is 1. The number of hydrogen-bond acceptors (Lipinski definition) is 5. The molecule has 0 saturated carbocycles. The van der Waals surface area contributed by atoms with Gasteiger partial charge in [-0.15, -0.1) is 0 Å². The van der Waals surface area contributed by atoms with Gasteiger partial charge in [0.25, 0.3) is 5.69 Å². The summed E-state index contributed by atoms with van der Waals surface area (Å²) in [6, 6.07) is 18.3. The third-order valence-corrected chi connectivity index (χ3v) is 4.51. The van der Waals surface area contributed by atoms with Crippen LogP contribution in [0.5, 0.6) is 0 Å². The van der Waals surface area contributed by atoms with Crippen LogP contribution in [0.3, 0.4) is 0 Å². The summed E-state index contributed by atoms with van der Waals surface area (Å²) in [5.41, 5.74) is 2.83. The summed E-state index contributed by atoms with van der Waals surface area (Å²) < 4.78 is 5.79. The molecule has 0 saturated heterocycles. The number of hydrogen-bond donors (Lipinski definition) is 1. The van der Waals surface area contributed by atoms with Crippen molar-refractivity contribution in [3.63, 3.8) is 0 Å². The number of anilines is 1. The zero-order valence-corrected chi connectivity index (χ0v) is 16.2. The molecule has 8 heteroatoms. The summed E-state index contributed by atoms with van der Waals surface area (Å²) in [5.74, 6) is -0.0426. The Hall–Kier alpha value is -3.97. The second kappa shape index (κ2) is 8.18. The van der Waals surface area contributed by atoms with Crippen LogP contribution in [0, 0.1) is 10.1 Å². The number of carbonyl (C=O) groups is 1. The molecule has 7 nitrogen and oxygen atoms in total. The van der Waals surface area contributed by atoms with Gasteiger partial charge in [0.15, 0.2) is 5.58 Å². The Balaban J connectivity index is 1.57. The highest BCUT2D eigenvalue weighted by molar-refractivity contribution is 6.31. The zero-order chi connectivity index (χ0) is 21.1. The highest BCUT2D eigenvalue weighted by atomic mass is 35.5. The summed E-state index contributed by atoms with van der Waals surface area (Å²) in [4.78, 5) is 27.2. The number of para-hydroxylation sites is 1. The Morgan fingerprint density at radius 3 is 2.77 bits per heavy atom. The van der Waals surface area contributed by atoms with Crippen LogP contribution < -0.4 is 5.32 Å². The maximum absolute atomic E-state index is 12.4. The van der Waals surface area contributed by atoms with Crippen molar-refractivity contribution in [2.24, 2.45) is 0 Å². The largest absolute Gasteiger partial charge is 0.436 e. The SMILES string of the molecule is O=C(C=Cc1cccc([N+](=O)[O-])c1)Nc1ccccc1-c1nc2cc(Cl)ccc2o1. The van der Waals surface area contributed by atoms with Gasteiger partial charge in [0, 0.05) is 23.2 Å². The molecule has 3 aromatic carbocycles. The molecule has 1 N–H and O–H groups in total. The van der Waals surface area contributed by atoms with Crippen LogP contribution in [0.25, 0.3) is 28.6 Å². The van der Waals surface area contributed by atoms with E-state index in [0.717, 1.165) is 0 Å². The number of benzene rings is 3. The first-order chi connectivity index (χ1) is 14.5. The lowest BCUT2D eigenvalue weighted by molar-refractivity contribution is -0.384. The molecule has 0 aliphatic heterocycles. The lowest BCUT2D eigenvalue weighted by Gasteiger charge is -2.06. The zero-order valence-electron chi connectivity index (χ0n) is 15.4. The normalized spacial score (nSPS) is 11.1. The first kappa shape index (κ1) is 19.4. The third-order valence-electron chi connectivity index (χ3n) is 4.27. The van der Waals surface area contributed by atoms with Crippen molar-refractivity contribution in [3.05, 3.63) is 93.5 Å². The lowest BCUT2D eigenvalue weighted by Crippen LogP contribution is -2.08. The summed E-state index contributed by atoms with van der Waals surface area (Å²) in [6.07, 6.45) is 2.81. The fourth-order valence-corrected chi connectivity index (χ4v) is 3.05. The molecule has 4 aromatic rings. The maximum atomic E-state index is 12.4. The lowest BCUT2D eigenvalue weighted by atomic mass is 10.1. The van der Waals surface area contributed by atoms with Gasteiger partial charge < -0.3 is 9.73 Å². The van der Waals surface area contributed by atoms with Gasteiger partial charge in [-0.05, 0) is 42.0 Å². The number of nitrogens with zero attached hydrogens (tertiary/aromatic N) is 2. The summed E-state index contributed by atoms with van der Waals surface area (Å²) in [7, 11) is 0. The Bertz CT molecular complexity index is 1300. The Kier molecular flexibility index (Phi) is 5.28. The topological polar surface area (TPSA) is 98.3 Å². The van der Waals surface area contributed by atoms with Crippen LogP contribution in [0.2, 0.25) is 5.02 Å². The van der Waals surface area contributed by atoms with Gasteiger partial charge in [-0.1, -0.05) is 35.9 Å². The first-order valence-electron chi connectivity index (χ1n) is 8.88. The van der Waals surface area contributed by atoms with Crippen LogP contribution in [-0.2, 0) is 4.79 Å². The maximum Gasteiger partial charge on any atom is 0.270 e. The molecule has 1 aromatic heterocycles. The monoisotopic (exact) mass is 419 g/mol. The second-order valence-electron chi connectivity index (χ2n) is 6.35. The number of nitro groups is 1. The van der Waals surface area contributed by atoms with Crippen molar-refractivity contribution in [3.8, 4) is 11.5 Å². The number of fused-ring (bicyclic) bond motifs is 1. The molecule has 0 radical (unpaired) electrons. The molecule has 4 rings (SSSR count). The Labute approximate surface area is 175 Å². The molecule has 30 heavy (non-hydrogen) atoms. The summed E-state index contributed by atoms with van der Waals surface area (Å²) in [5, 5.41) is 14.2. The number of carbonyl (C=O) groups excluding carboxylic acids is 1. The molecule has 0 spiro atoms. The van der Waals surface area contributed by atoms with E-state index in [1.165, 1.54) is 24.3 Å². The molecule has 0 aliphatic rings. The van der Waals surface area contributed by atoms with Crippen molar-refractivity contribution < 1.29 is 14.1 Å². The molecule has 0 atom stereocenters. The molecule has 0 aliphatic carbocycles. The van der Waals surface area contributed by atoms with Gasteiger partial charge in [0.2, 0.25) is 11.8 Å². The number of amides is 1. The van der Waals surface area contributed by atoms with Gasteiger partial charge in [0.1, 0.15) is 5.52 Å². The minimum atomic E-state index is -0.485. The third kappa shape index (κ3) is 4.21. The van der Waals surface area contributed by atoms with Crippen molar-refractivity contribution in [1.29, 1.82) is 0 Å². The van der Waals surface area contributed by atoms with Gasteiger partial charge in [-0.3, -0.25) is 14.9 Å². The second-order valence-corrected chi connectivity index (χ2v) is 6.79. The Morgan fingerprint density at radius 1 is 1.10 bits per heavy atom. The molecular weight excluding hydrogens is 406 g/mol. The quantitative estimate of drug-likeness (QED) is 0.254. The summed E-state index contributed by atoms with van der Waals surface area (Å²) in [6.45, 7) is 0. The number of rotatable bonds is 5. The fourth-order valence-electron chi connectivity index (χ4n) is 2.88. The molecule has 148 valence electrons. The number of non-ortho nitro benzene ring substituents is 1. The highest BCUT2D eigenvalue weighted by Gasteiger charge is 2.13. The minimum Gasteiger partial charge on any atom is -0.436 e. The van der Waals surface area contributed by atoms with E-state index in [4.69, 9.17) is 16.0 Å². The van der Waals surface area contributed by atoms with Crippen LogP contribution in [0.15, 0.2) is 77.2 Å². The molecule has 0 unspecified atom stereocenters. The average Bonchev–Trinajstić information content (AvgIpc) is 3.16. The molecule has 1 amide bonds. The first-order valence-corrected chi connectivity index (χ1v) is 9.26. The van der Waals surface area contributed by atoms with E-state index in [2.05, 4.69) is 10.3 Å². The predicted molar refractivity (Wildman–Crippen MR) is 115 cm³/mol. The fraction of sp³-hybridized carbons (Fsp3) is 0. The number of nitro benzene ring substituents is 1. The molecule has 1 heterocycles. The minimum absolute atomic E-state index is 0.0426. The smallest absolute Gasteiger partial charge is 0.270 e. The van der Waals surface area contributed by atoms with Gasteiger partial charge >= 0.3 is 0 Å². The molecular formula is C22H14ClN3O4. The van der Waals surface area contributed by atoms with Crippen molar-refractivity contribution in [2.45, 2.75) is 0 Å². The van der Waals surface area contributed by atoms with Gasteiger partial charge in [-0.25, -0.2) is 4.98 Å². The number of nitrogens with one attached hydrogen (secondary N) is 1. The Morgan fingerprint density at radius 2 is 1.93 bits per heavy atom. The average molecular weight is 420 g/mol. The van der Waals surface area contributed by atoms with Crippen molar-refractivity contribution >= 4 is 46.1 Å². The molecule has 0 fully saturated rings. The van der Waals surface area contributed by atoms with E-state index in [9.17, 15) is 14.9 Å². The number of halogens is 1. The van der Waals surface area contributed by atoms with Crippen molar-refractivity contribution in [1.82, 2.24) is 4.98 Å². The highest BCUT2D eigenvalue weighted by Crippen LogP contribution is 2.31.